The van der Waals surface area contributed by atoms with Gasteiger partial charge in [0.15, 0.2) is 0 Å². The number of hydrogen-bond acceptors (Lipinski definition) is 3. The maximum atomic E-state index is 5.71. The minimum atomic E-state index is 0.511. The molecule has 0 atom stereocenters. The van der Waals surface area contributed by atoms with Crippen molar-refractivity contribution in [1.82, 2.24) is 0 Å². The molecule has 4 heteroatoms. The molecule has 2 nitrogen and oxygen atoms in total. The van der Waals surface area contributed by atoms with E-state index in [-0.39, 0.29) is 0 Å². The van der Waals surface area contributed by atoms with Crippen molar-refractivity contribution in [3.05, 3.63) is 58.5 Å². The van der Waals surface area contributed by atoms with Gasteiger partial charge >= 0.3 is 0 Å². The van der Waals surface area contributed by atoms with Crippen molar-refractivity contribution in [2.45, 2.75) is 44.4 Å². The van der Waals surface area contributed by atoms with E-state index in [0.29, 0.717) is 18.4 Å². The number of ether oxygens (including phenoxy) is 2. The summed E-state index contributed by atoms with van der Waals surface area (Å²) in [6.07, 6.45) is 7.70. The number of rotatable bonds is 7. The molecule has 1 aliphatic rings. The van der Waals surface area contributed by atoms with Crippen LogP contribution < -0.4 is 9.47 Å². The van der Waals surface area contributed by atoms with Gasteiger partial charge < -0.3 is 9.47 Å². The summed E-state index contributed by atoms with van der Waals surface area (Å²) in [5, 5.41) is 1.38. The van der Waals surface area contributed by atoms with E-state index < -0.39 is 0 Å². The van der Waals surface area contributed by atoms with Crippen LogP contribution in [0, 0.1) is 0 Å². The Balaban J connectivity index is 1.67. The van der Waals surface area contributed by atoms with Gasteiger partial charge in [0.1, 0.15) is 18.1 Å². The number of hydrogen-bond donors (Lipinski definition) is 0. The molecule has 148 valence electrons. The molecule has 1 saturated carbocycles. The fraction of sp³-hybridized carbons (Fsp3) is 0.417. The van der Waals surface area contributed by atoms with E-state index in [9.17, 15) is 0 Å². The minimum absolute atomic E-state index is 0.511. The van der Waals surface area contributed by atoms with E-state index in [1.165, 1.54) is 53.3 Å². The first-order valence-electron chi connectivity index (χ1n) is 10.2. The maximum Gasteiger partial charge on any atom is 0.120 e. The van der Waals surface area contributed by atoms with Crippen LogP contribution in [0.1, 0.15) is 54.0 Å². The summed E-state index contributed by atoms with van der Waals surface area (Å²) in [5.41, 5.74) is 2.83. The first kappa shape index (κ1) is 19.6. The Morgan fingerprint density at radius 1 is 1.00 bits per heavy atom. The van der Waals surface area contributed by atoms with Gasteiger partial charge in [-0.15, -0.1) is 22.9 Å². The molecule has 0 amide bonds. The highest BCUT2D eigenvalue weighted by molar-refractivity contribution is 7.19. The van der Waals surface area contributed by atoms with Crippen LogP contribution in [0.3, 0.4) is 0 Å². The van der Waals surface area contributed by atoms with Crippen molar-refractivity contribution in [3.63, 3.8) is 0 Å². The lowest BCUT2D eigenvalue weighted by Gasteiger charge is -2.22. The molecule has 0 spiro atoms. The van der Waals surface area contributed by atoms with Gasteiger partial charge in [-0.05, 0) is 72.0 Å². The highest BCUT2D eigenvalue weighted by atomic mass is 35.5. The molecule has 3 aromatic rings. The Morgan fingerprint density at radius 3 is 2.46 bits per heavy atom. The number of thiophene rings is 1. The number of methoxy groups -OCH3 is 1. The molecular weight excluding hydrogens is 388 g/mol. The van der Waals surface area contributed by atoms with E-state index in [2.05, 4.69) is 42.5 Å². The Labute approximate surface area is 176 Å². The van der Waals surface area contributed by atoms with Gasteiger partial charge in [-0.1, -0.05) is 31.4 Å². The van der Waals surface area contributed by atoms with Crippen LogP contribution in [0.15, 0.2) is 42.5 Å². The number of halogens is 1. The summed E-state index contributed by atoms with van der Waals surface area (Å²) in [5.74, 6) is 3.04. The van der Waals surface area contributed by atoms with Crippen molar-refractivity contribution < 1.29 is 9.47 Å². The second-order valence-electron chi connectivity index (χ2n) is 7.50. The fourth-order valence-electron chi connectivity index (χ4n) is 4.22. The molecule has 0 saturated heterocycles. The number of fused-ring (bicyclic) bond motifs is 1. The average Bonchev–Trinajstić information content (AvgIpc) is 3.11. The molecule has 2 aromatic carbocycles. The van der Waals surface area contributed by atoms with E-state index in [0.717, 1.165) is 17.9 Å². The molecule has 0 aliphatic heterocycles. The summed E-state index contributed by atoms with van der Waals surface area (Å²) < 4.78 is 12.4. The molecule has 0 bridgehead atoms. The quantitative estimate of drug-likeness (QED) is 0.381. The fourth-order valence-corrected chi connectivity index (χ4v) is 5.72. The summed E-state index contributed by atoms with van der Waals surface area (Å²) in [6.45, 7) is 0.545. The highest BCUT2D eigenvalue weighted by Crippen LogP contribution is 2.44. The summed E-state index contributed by atoms with van der Waals surface area (Å²) in [4.78, 5) is 1.59. The predicted octanol–water partition coefficient (Wildman–Crippen LogP) is 7.17. The first-order valence-corrected chi connectivity index (χ1v) is 11.5. The second kappa shape index (κ2) is 9.19. The summed E-state index contributed by atoms with van der Waals surface area (Å²) in [7, 11) is 1.74. The lowest BCUT2D eigenvalue weighted by molar-refractivity contribution is 0.342. The summed E-state index contributed by atoms with van der Waals surface area (Å²) in [6, 6.07) is 15.0. The highest BCUT2D eigenvalue weighted by Gasteiger charge is 2.23. The molecule has 1 aromatic heterocycles. The third-order valence-corrected chi connectivity index (χ3v) is 7.17. The third-order valence-electron chi connectivity index (χ3n) is 5.66. The maximum absolute atomic E-state index is 5.71. The van der Waals surface area contributed by atoms with E-state index in [4.69, 9.17) is 21.1 Å². The first-order chi connectivity index (χ1) is 13.8. The van der Waals surface area contributed by atoms with Gasteiger partial charge in [-0.3, -0.25) is 0 Å². The van der Waals surface area contributed by atoms with Crippen LogP contribution >= 0.6 is 22.9 Å². The van der Waals surface area contributed by atoms with E-state index in [1.54, 1.807) is 12.0 Å². The molecule has 1 fully saturated rings. The predicted molar refractivity (Wildman–Crippen MR) is 120 cm³/mol. The van der Waals surface area contributed by atoms with Gasteiger partial charge in [-0.2, -0.15) is 0 Å². The number of benzene rings is 2. The molecular formula is C24H27ClO2S. The zero-order valence-corrected chi connectivity index (χ0v) is 18.0. The Hall–Kier alpha value is -1.71. The molecule has 1 heterocycles. The second-order valence-corrected chi connectivity index (χ2v) is 8.96. The minimum Gasteiger partial charge on any atom is -0.497 e. The average molecular weight is 415 g/mol. The Kier molecular flexibility index (Phi) is 6.43. The van der Waals surface area contributed by atoms with Gasteiger partial charge in [0.2, 0.25) is 0 Å². The third kappa shape index (κ3) is 4.31. The van der Waals surface area contributed by atoms with Gasteiger partial charge in [0, 0.05) is 9.58 Å². The lowest BCUT2D eigenvalue weighted by Crippen LogP contribution is -2.05. The van der Waals surface area contributed by atoms with Crippen molar-refractivity contribution >= 4 is 33.0 Å². The van der Waals surface area contributed by atoms with Gasteiger partial charge in [0.05, 0.1) is 13.0 Å². The van der Waals surface area contributed by atoms with Crippen LogP contribution in [-0.4, -0.2) is 19.6 Å². The molecule has 0 unspecified atom stereocenters. The molecule has 0 N–H and O–H groups in total. The zero-order valence-electron chi connectivity index (χ0n) is 16.4. The zero-order chi connectivity index (χ0) is 19.3. The SMILES string of the molecule is COc1ccc2c(Cc3ccc(OCCCl)cc3)c(C3CCCCC3)sc2c1. The monoisotopic (exact) mass is 414 g/mol. The van der Waals surface area contributed by atoms with Gasteiger partial charge in [0.25, 0.3) is 0 Å². The van der Waals surface area contributed by atoms with E-state index in [1.807, 2.05) is 11.3 Å². The van der Waals surface area contributed by atoms with Crippen LogP contribution in [0.5, 0.6) is 11.5 Å². The summed E-state index contributed by atoms with van der Waals surface area (Å²) >= 11 is 7.69. The van der Waals surface area contributed by atoms with Crippen molar-refractivity contribution in [1.29, 1.82) is 0 Å². The normalized spacial score (nSPS) is 15.1. The topological polar surface area (TPSA) is 18.5 Å². The lowest BCUT2D eigenvalue weighted by atomic mass is 9.85. The van der Waals surface area contributed by atoms with Crippen LogP contribution in [0.2, 0.25) is 0 Å². The molecule has 1 aliphatic carbocycles. The van der Waals surface area contributed by atoms with Gasteiger partial charge in [-0.25, -0.2) is 0 Å². The largest absolute Gasteiger partial charge is 0.497 e. The molecule has 4 rings (SSSR count). The van der Waals surface area contributed by atoms with Crippen molar-refractivity contribution in [2.24, 2.45) is 0 Å². The van der Waals surface area contributed by atoms with Crippen LogP contribution in [0.25, 0.3) is 10.1 Å². The standard InChI is InChI=1S/C24H27ClO2S/c1-26-20-11-12-21-22(15-17-7-9-19(10-8-17)27-14-13-25)24(28-23(21)16-20)18-5-3-2-4-6-18/h7-12,16,18H,2-6,13-15H2,1H3. The van der Waals surface area contributed by atoms with E-state index >= 15 is 0 Å². The Morgan fingerprint density at radius 2 is 1.75 bits per heavy atom. The molecule has 0 radical (unpaired) electrons. The van der Waals surface area contributed by atoms with Crippen LogP contribution in [-0.2, 0) is 6.42 Å². The smallest absolute Gasteiger partial charge is 0.120 e. The Bertz CT molecular complexity index is 910. The van der Waals surface area contributed by atoms with Crippen LogP contribution in [0.4, 0.5) is 0 Å². The van der Waals surface area contributed by atoms with Crippen molar-refractivity contribution in [3.8, 4) is 11.5 Å². The number of alkyl halides is 1. The molecule has 28 heavy (non-hydrogen) atoms. The van der Waals surface area contributed by atoms with Crippen molar-refractivity contribution in [2.75, 3.05) is 19.6 Å².